The second kappa shape index (κ2) is 3.68. The van der Waals surface area contributed by atoms with Crippen molar-refractivity contribution in [3.8, 4) is 11.3 Å². The van der Waals surface area contributed by atoms with Crippen molar-refractivity contribution in [2.75, 3.05) is 0 Å². The smallest absolute Gasteiger partial charge is 0.0901 e. The van der Waals surface area contributed by atoms with Crippen LogP contribution in [0.15, 0.2) is 41.9 Å². The third kappa shape index (κ3) is 1.59. The lowest BCUT2D eigenvalue weighted by Gasteiger charge is -1.99. The van der Waals surface area contributed by atoms with E-state index in [-0.39, 0.29) is 0 Å². The normalized spacial score (nSPS) is 10.8. The molecule has 78 valence electrons. The summed E-state index contributed by atoms with van der Waals surface area (Å²) in [5.41, 5.74) is 3.13. The average molecular weight is 226 g/mol. The molecular formula is C13H10N2S. The van der Waals surface area contributed by atoms with Crippen molar-refractivity contribution in [2.24, 2.45) is 0 Å². The first-order valence-corrected chi connectivity index (χ1v) is 5.98. The monoisotopic (exact) mass is 226 g/mol. The van der Waals surface area contributed by atoms with Gasteiger partial charge in [0.1, 0.15) is 0 Å². The molecule has 3 rings (SSSR count). The maximum Gasteiger partial charge on any atom is 0.0901 e. The molecule has 2 aromatic heterocycles. The highest BCUT2D eigenvalue weighted by molar-refractivity contribution is 7.09. The lowest BCUT2D eigenvalue weighted by atomic mass is 10.1. The van der Waals surface area contributed by atoms with Crippen LogP contribution in [0, 0.1) is 6.92 Å². The summed E-state index contributed by atoms with van der Waals surface area (Å²) in [6.07, 6.45) is 1.89. The van der Waals surface area contributed by atoms with Crippen LogP contribution in [0.25, 0.3) is 22.2 Å². The van der Waals surface area contributed by atoms with E-state index in [1.54, 1.807) is 11.3 Å². The molecule has 2 heterocycles. The first-order valence-electron chi connectivity index (χ1n) is 5.10. The third-order valence-electron chi connectivity index (χ3n) is 2.51. The molecule has 1 aromatic carbocycles. The zero-order valence-electron chi connectivity index (χ0n) is 8.84. The summed E-state index contributed by atoms with van der Waals surface area (Å²) in [4.78, 5) is 8.90. The molecule has 3 aromatic rings. The minimum absolute atomic E-state index is 1.01. The molecule has 0 radical (unpaired) electrons. The Kier molecular flexibility index (Phi) is 2.18. The zero-order chi connectivity index (χ0) is 11.0. The predicted octanol–water partition coefficient (Wildman–Crippen LogP) is 3.67. The molecule has 0 aliphatic heterocycles. The molecule has 0 bridgehead atoms. The van der Waals surface area contributed by atoms with Crippen molar-refractivity contribution < 1.29 is 0 Å². The quantitative estimate of drug-likeness (QED) is 0.632. The van der Waals surface area contributed by atoms with Crippen molar-refractivity contribution in [2.45, 2.75) is 6.92 Å². The lowest BCUT2D eigenvalue weighted by Crippen LogP contribution is -1.82. The van der Waals surface area contributed by atoms with Crippen LogP contribution in [-0.4, -0.2) is 9.97 Å². The van der Waals surface area contributed by atoms with E-state index in [4.69, 9.17) is 0 Å². The van der Waals surface area contributed by atoms with Gasteiger partial charge in [-0.1, -0.05) is 18.2 Å². The molecule has 3 heteroatoms. The third-order valence-corrected chi connectivity index (χ3v) is 3.28. The number of benzene rings is 1. The van der Waals surface area contributed by atoms with Crippen molar-refractivity contribution in [1.29, 1.82) is 0 Å². The molecule has 0 aliphatic rings. The van der Waals surface area contributed by atoms with Gasteiger partial charge in [0.05, 0.1) is 16.2 Å². The Morgan fingerprint density at radius 1 is 1.19 bits per heavy atom. The molecule has 0 N–H and O–H groups in total. The van der Waals surface area contributed by atoms with Gasteiger partial charge in [0.2, 0.25) is 0 Å². The molecule has 0 saturated heterocycles. The van der Waals surface area contributed by atoms with Gasteiger partial charge in [-0.25, -0.2) is 4.98 Å². The number of pyridine rings is 1. The van der Waals surface area contributed by atoms with Crippen LogP contribution in [0.3, 0.4) is 0 Å². The van der Waals surface area contributed by atoms with Gasteiger partial charge >= 0.3 is 0 Å². The number of nitrogens with zero attached hydrogens (tertiary/aromatic N) is 2. The minimum atomic E-state index is 1.01. The van der Waals surface area contributed by atoms with Crippen LogP contribution in [-0.2, 0) is 0 Å². The van der Waals surface area contributed by atoms with Crippen LogP contribution in [0.5, 0.6) is 0 Å². The maximum atomic E-state index is 4.47. The van der Waals surface area contributed by atoms with E-state index in [0.717, 1.165) is 27.2 Å². The summed E-state index contributed by atoms with van der Waals surface area (Å²) in [7, 11) is 0. The van der Waals surface area contributed by atoms with Crippen molar-refractivity contribution >= 4 is 22.2 Å². The molecule has 0 amide bonds. The van der Waals surface area contributed by atoms with Gasteiger partial charge in [0.15, 0.2) is 0 Å². The Morgan fingerprint density at radius 3 is 2.88 bits per heavy atom. The van der Waals surface area contributed by atoms with Gasteiger partial charge in [-0.3, -0.25) is 4.98 Å². The molecular weight excluding hydrogens is 216 g/mol. The van der Waals surface area contributed by atoms with E-state index in [0.29, 0.717) is 0 Å². The van der Waals surface area contributed by atoms with Crippen LogP contribution in [0.4, 0.5) is 0 Å². The Balaban J connectivity index is 2.18. The van der Waals surface area contributed by atoms with E-state index in [2.05, 4.69) is 27.5 Å². The largest absolute Gasteiger partial charge is 0.256 e. The van der Waals surface area contributed by atoms with E-state index < -0.39 is 0 Å². The Morgan fingerprint density at radius 2 is 2.06 bits per heavy atom. The molecule has 0 unspecified atom stereocenters. The molecule has 0 saturated carbocycles. The highest BCUT2D eigenvalue weighted by Crippen LogP contribution is 2.23. The minimum Gasteiger partial charge on any atom is -0.256 e. The summed E-state index contributed by atoms with van der Waals surface area (Å²) in [5, 5.41) is 4.31. The van der Waals surface area contributed by atoms with E-state index in [1.807, 2.05) is 31.3 Å². The number of aryl methyl sites for hydroxylation is 1. The zero-order valence-corrected chi connectivity index (χ0v) is 9.66. The summed E-state index contributed by atoms with van der Waals surface area (Å²) < 4.78 is 0. The first kappa shape index (κ1) is 9.48. The number of aromatic nitrogens is 2. The van der Waals surface area contributed by atoms with Crippen LogP contribution in [0.1, 0.15) is 5.01 Å². The highest BCUT2D eigenvalue weighted by atomic mass is 32.1. The number of thiazole rings is 1. The second-order valence-electron chi connectivity index (χ2n) is 3.67. The molecule has 0 spiro atoms. The summed E-state index contributed by atoms with van der Waals surface area (Å²) >= 11 is 1.67. The Bertz CT molecular complexity index is 643. The van der Waals surface area contributed by atoms with Gasteiger partial charge in [-0.05, 0) is 19.1 Å². The number of hydrogen-bond acceptors (Lipinski definition) is 3. The van der Waals surface area contributed by atoms with E-state index >= 15 is 0 Å². The van der Waals surface area contributed by atoms with Gasteiger partial charge in [0.25, 0.3) is 0 Å². The van der Waals surface area contributed by atoms with Gasteiger partial charge < -0.3 is 0 Å². The van der Waals surface area contributed by atoms with Gasteiger partial charge in [-0.2, -0.15) is 0 Å². The number of para-hydroxylation sites is 1. The molecule has 2 nitrogen and oxygen atoms in total. The summed E-state index contributed by atoms with van der Waals surface area (Å²) in [5.74, 6) is 0. The number of hydrogen-bond donors (Lipinski definition) is 0. The van der Waals surface area contributed by atoms with E-state index in [9.17, 15) is 0 Å². The fraction of sp³-hybridized carbons (Fsp3) is 0.0769. The fourth-order valence-corrected chi connectivity index (χ4v) is 2.33. The fourth-order valence-electron chi connectivity index (χ4n) is 1.71. The van der Waals surface area contributed by atoms with Crippen LogP contribution in [0.2, 0.25) is 0 Å². The summed E-state index contributed by atoms with van der Waals surface area (Å²) in [6, 6.07) is 10.3. The maximum absolute atomic E-state index is 4.47. The highest BCUT2D eigenvalue weighted by Gasteiger charge is 2.03. The predicted molar refractivity (Wildman–Crippen MR) is 67.6 cm³/mol. The van der Waals surface area contributed by atoms with Crippen LogP contribution < -0.4 is 0 Å². The lowest BCUT2D eigenvalue weighted by molar-refractivity contribution is 1.29. The topological polar surface area (TPSA) is 25.8 Å². The van der Waals surface area contributed by atoms with Crippen LogP contribution >= 0.6 is 11.3 Å². The van der Waals surface area contributed by atoms with Crippen molar-refractivity contribution in [1.82, 2.24) is 9.97 Å². The average Bonchev–Trinajstić information content (AvgIpc) is 2.75. The standard InChI is InChI=1S/C13H10N2S/c1-9-15-13(8-16-9)11-6-10-4-2-3-5-12(10)14-7-11/h2-8H,1H3. The second-order valence-corrected chi connectivity index (χ2v) is 4.73. The first-order chi connectivity index (χ1) is 7.83. The van der Waals surface area contributed by atoms with E-state index in [1.165, 1.54) is 0 Å². The van der Waals surface area contributed by atoms with Gasteiger partial charge in [-0.15, -0.1) is 11.3 Å². The Labute approximate surface area is 97.6 Å². The summed E-state index contributed by atoms with van der Waals surface area (Å²) in [6.45, 7) is 2.02. The Hall–Kier alpha value is -1.74. The van der Waals surface area contributed by atoms with Crippen molar-refractivity contribution in [3.63, 3.8) is 0 Å². The number of fused-ring (bicyclic) bond motifs is 1. The number of rotatable bonds is 1. The molecule has 0 aliphatic carbocycles. The SMILES string of the molecule is Cc1nc(-c2cnc3ccccc3c2)cs1. The van der Waals surface area contributed by atoms with Crippen molar-refractivity contribution in [3.05, 3.63) is 46.9 Å². The van der Waals surface area contributed by atoms with Gasteiger partial charge in [0, 0.05) is 22.5 Å². The molecule has 0 atom stereocenters. The molecule has 16 heavy (non-hydrogen) atoms. The molecule has 0 fully saturated rings.